The number of nitrogens with zero attached hydrogens (tertiary/aromatic N) is 3. The van der Waals surface area contributed by atoms with Gasteiger partial charge in [-0.1, -0.05) is 0 Å². The molecule has 2 amide bonds. The van der Waals surface area contributed by atoms with Crippen LogP contribution in [0.2, 0.25) is 0 Å². The molecule has 0 aliphatic carbocycles. The minimum atomic E-state index is -1.00. The Labute approximate surface area is 101 Å². The van der Waals surface area contributed by atoms with Crippen molar-refractivity contribution in [2.45, 2.75) is 6.04 Å². The molecule has 7 nitrogen and oxygen atoms in total. The van der Waals surface area contributed by atoms with Crippen LogP contribution in [-0.4, -0.2) is 49.6 Å². The van der Waals surface area contributed by atoms with Gasteiger partial charge in [0.2, 0.25) is 5.95 Å². The average Bonchev–Trinajstić information content (AvgIpc) is 2.79. The van der Waals surface area contributed by atoms with Gasteiger partial charge in [0.1, 0.15) is 6.04 Å². The Hall–Kier alpha value is -1.83. The summed E-state index contributed by atoms with van der Waals surface area (Å²) in [5, 5.41) is 11.4. The monoisotopic (exact) mass is 254 g/mol. The van der Waals surface area contributed by atoms with Crippen molar-refractivity contribution in [1.29, 1.82) is 0 Å². The van der Waals surface area contributed by atoms with Gasteiger partial charge in [0.15, 0.2) is 0 Å². The third-order valence-electron chi connectivity index (χ3n) is 2.21. The van der Waals surface area contributed by atoms with E-state index in [9.17, 15) is 9.59 Å². The summed E-state index contributed by atoms with van der Waals surface area (Å²) in [6, 6.07) is 0.346. The Bertz CT molecular complexity index is 428. The summed E-state index contributed by atoms with van der Waals surface area (Å²) < 4.78 is 0. The van der Waals surface area contributed by atoms with Gasteiger partial charge in [-0.05, 0) is 6.07 Å². The lowest BCUT2D eigenvalue weighted by Gasteiger charge is -2.20. The van der Waals surface area contributed by atoms with Crippen LogP contribution in [0.25, 0.3) is 0 Å². The highest BCUT2D eigenvalue weighted by Gasteiger charge is 2.34. The van der Waals surface area contributed by atoms with E-state index in [1.165, 1.54) is 29.1 Å². The third-order valence-corrected chi connectivity index (χ3v) is 3.22. The topological polar surface area (TPSA) is 95.4 Å². The van der Waals surface area contributed by atoms with E-state index in [1.54, 1.807) is 6.07 Å². The normalized spacial score (nSPS) is 19.1. The molecule has 1 aromatic heterocycles. The maximum atomic E-state index is 11.8. The van der Waals surface area contributed by atoms with Gasteiger partial charge in [0.05, 0.1) is 5.88 Å². The van der Waals surface area contributed by atoms with Crippen molar-refractivity contribution in [2.24, 2.45) is 0 Å². The Morgan fingerprint density at radius 3 is 2.82 bits per heavy atom. The van der Waals surface area contributed by atoms with Gasteiger partial charge in [-0.2, -0.15) is 0 Å². The molecule has 1 aliphatic rings. The first-order valence-electron chi connectivity index (χ1n) is 4.83. The van der Waals surface area contributed by atoms with E-state index in [1.807, 2.05) is 0 Å². The van der Waals surface area contributed by atoms with Crippen LogP contribution in [0.5, 0.6) is 0 Å². The zero-order valence-electron chi connectivity index (χ0n) is 8.74. The number of carboxylic acids is 1. The molecule has 2 N–H and O–H groups in total. The molecule has 0 saturated carbocycles. The number of aliphatic carboxylic acids is 1. The van der Waals surface area contributed by atoms with Crippen LogP contribution in [-0.2, 0) is 4.79 Å². The lowest BCUT2D eigenvalue weighted by Crippen LogP contribution is -2.44. The molecule has 1 unspecified atom stereocenters. The van der Waals surface area contributed by atoms with E-state index >= 15 is 0 Å². The molecule has 1 aromatic rings. The van der Waals surface area contributed by atoms with Gasteiger partial charge >= 0.3 is 12.0 Å². The number of rotatable bonds is 2. The molecule has 2 heterocycles. The predicted octanol–water partition coefficient (Wildman–Crippen LogP) is 0.468. The first-order valence-corrected chi connectivity index (χ1v) is 5.99. The number of hydrogen-bond donors (Lipinski definition) is 2. The van der Waals surface area contributed by atoms with E-state index in [4.69, 9.17) is 5.11 Å². The summed E-state index contributed by atoms with van der Waals surface area (Å²) in [5.41, 5.74) is 0. The van der Waals surface area contributed by atoms with Gasteiger partial charge in [-0.15, -0.1) is 11.8 Å². The highest BCUT2D eigenvalue weighted by atomic mass is 32.2. The zero-order chi connectivity index (χ0) is 12.3. The fourth-order valence-electron chi connectivity index (χ4n) is 1.38. The standard InChI is InChI=1S/C9H10N4O3S/c14-7(15)6-4-17-5-13(6)9(16)12-8-10-2-1-3-11-8/h1-3,6H,4-5H2,(H,14,15)(H,10,11,12,16). The number of hydrogen-bond acceptors (Lipinski definition) is 5. The summed E-state index contributed by atoms with van der Waals surface area (Å²) in [4.78, 5) is 31.6. The smallest absolute Gasteiger partial charge is 0.327 e. The van der Waals surface area contributed by atoms with Crippen LogP contribution < -0.4 is 5.32 Å². The molecule has 1 saturated heterocycles. The summed E-state index contributed by atoms with van der Waals surface area (Å²) in [6.07, 6.45) is 2.99. The SMILES string of the molecule is O=C(O)C1CSCN1C(=O)Nc1ncccn1. The molecular formula is C9H10N4O3S. The molecule has 90 valence electrons. The van der Waals surface area contributed by atoms with E-state index in [2.05, 4.69) is 15.3 Å². The van der Waals surface area contributed by atoms with E-state index in [-0.39, 0.29) is 5.95 Å². The van der Waals surface area contributed by atoms with Crippen LogP contribution in [0.1, 0.15) is 0 Å². The molecule has 8 heteroatoms. The number of urea groups is 1. The van der Waals surface area contributed by atoms with Gasteiger partial charge in [0, 0.05) is 18.1 Å². The van der Waals surface area contributed by atoms with E-state index < -0.39 is 18.0 Å². The van der Waals surface area contributed by atoms with Crippen molar-refractivity contribution < 1.29 is 14.7 Å². The number of carboxylic acid groups (broad SMARTS) is 1. The third kappa shape index (κ3) is 2.64. The number of carbonyl (C=O) groups excluding carboxylic acids is 1. The van der Waals surface area contributed by atoms with Crippen molar-refractivity contribution in [3.63, 3.8) is 0 Å². The molecule has 2 rings (SSSR count). The first kappa shape index (κ1) is 11.6. The van der Waals surface area contributed by atoms with Gasteiger partial charge in [-0.3, -0.25) is 5.32 Å². The molecule has 1 aliphatic heterocycles. The Balaban J connectivity index is 2.03. The van der Waals surface area contributed by atoms with E-state index in [0.29, 0.717) is 11.6 Å². The van der Waals surface area contributed by atoms with Crippen LogP contribution in [0.3, 0.4) is 0 Å². The quantitative estimate of drug-likeness (QED) is 0.796. The summed E-state index contributed by atoms with van der Waals surface area (Å²) in [5.74, 6) is -0.0775. The van der Waals surface area contributed by atoms with Crippen LogP contribution in [0.15, 0.2) is 18.5 Å². The van der Waals surface area contributed by atoms with Crippen LogP contribution in [0, 0.1) is 0 Å². The number of nitrogens with one attached hydrogen (secondary N) is 1. The minimum Gasteiger partial charge on any atom is -0.480 e. The maximum Gasteiger partial charge on any atom is 0.327 e. The zero-order valence-corrected chi connectivity index (χ0v) is 9.55. The van der Waals surface area contributed by atoms with Gasteiger partial charge in [-0.25, -0.2) is 19.6 Å². The summed E-state index contributed by atoms with van der Waals surface area (Å²) in [6.45, 7) is 0. The van der Waals surface area contributed by atoms with Crippen LogP contribution >= 0.6 is 11.8 Å². The number of anilines is 1. The van der Waals surface area contributed by atoms with Crippen molar-refractivity contribution in [1.82, 2.24) is 14.9 Å². The second-order valence-electron chi connectivity index (χ2n) is 3.33. The number of thioether (sulfide) groups is 1. The highest BCUT2D eigenvalue weighted by Crippen LogP contribution is 2.21. The second-order valence-corrected chi connectivity index (χ2v) is 4.33. The number of carbonyl (C=O) groups is 2. The second kappa shape index (κ2) is 5.00. The maximum absolute atomic E-state index is 11.8. The Morgan fingerprint density at radius 2 is 2.18 bits per heavy atom. The van der Waals surface area contributed by atoms with E-state index in [0.717, 1.165) is 0 Å². The van der Waals surface area contributed by atoms with Gasteiger partial charge < -0.3 is 10.0 Å². The largest absolute Gasteiger partial charge is 0.480 e. The minimum absolute atomic E-state index is 0.165. The van der Waals surface area contributed by atoms with Gasteiger partial charge in [0.25, 0.3) is 0 Å². The van der Waals surface area contributed by atoms with Crippen molar-refractivity contribution in [2.75, 3.05) is 16.9 Å². The highest BCUT2D eigenvalue weighted by molar-refractivity contribution is 7.99. The predicted molar refractivity (Wildman–Crippen MR) is 61.6 cm³/mol. The fourth-order valence-corrected chi connectivity index (χ4v) is 2.52. The summed E-state index contributed by atoms with van der Waals surface area (Å²) in [7, 11) is 0. The number of amides is 2. The molecule has 0 radical (unpaired) electrons. The number of aromatic nitrogens is 2. The molecule has 0 spiro atoms. The molecule has 17 heavy (non-hydrogen) atoms. The first-order chi connectivity index (χ1) is 8.18. The molecule has 0 aromatic carbocycles. The van der Waals surface area contributed by atoms with Crippen molar-refractivity contribution in [3.8, 4) is 0 Å². The lowest BCUT2D eigenvalue weighted by atomic mass is 10.3. The van der Waals surface area contributed by atoms with Crippen LogP contribution in [0.4, 0.5) is 10.7 Å². The molecule has 1 atom stereocenters. The average molecular weight is 254 g/mol. The van der Waals surface area contributed by atoms with Crippen molar-refractivity contribution in [3.05, 3.63) is 18.5 Å². The lowest BCUT2D eigenvalue weighted by molar-refractivity contribution is -0.140. The fraction of sp³-hybridized carbons (Fsp3) is 0.333. The molecule has 1 fully saturated rings. The molecular weight excluding hydrogens is 244 g/mol. The molecule has 0 bridgehead atoms. The summed E-state index contributed by atoms with van der Waals surface area (Å²) >= 11 is 1.40. The Morgan fingerprint density at radius 1 is 1.47 bits per heavy atom. The Kier molecular flexibility index (Phi) is 3.43. The van der Waals surface area contributed by atoms with Crippen molar-refractivity contribution >= 4 is 29.7 Å².